The number of rotatable bonds is 5. The summed E-state index contributed by atoms with van der Waals surface area (Å²) in [7, 11) is 0. The first-order chi connectivity index (χ1) is 11.7. The lowest BCUT2D eigenvalue weighted by molar-refractivity contribution is -0.137. The summed E-state index contributed by atoms with van der Waals surface area (Å²) in [6, 6.07) is 4.46. The van der Waals surface area contributed by atoms with E-state index in [1.165, 1.54) is 0 Å². The first-order valence-electron chi connectivity index (χ1n) is 9.08. The minimum Gasteiger partial charge on any atom is -0.464 e. The molecule has 6 nitrogen and oxygen atoms in total. The highest BCUT2D eigenvalue weighted by molar-refractivity contribution is 5.78. The van der Waals surface area contributed by atoms with Gasteiger partial charge in [-0.1, -0.05) is 6.92 Å². The van der Waals surface area contributed by atoms with E-state index in [-0.39, 0.29) is 5.91 Å². The van der Waals surface area contributed by atoms with E-state index in [1.807, 2.05) is 4.90 Å². The molecule has 0 radical (unpaired) electrons. The fourth-order valence-electron chi connectivity index (χ4n) is 3.40. The number of carbonyl (C=O) groups excluding carboxylic acids is 1. The third-order valence-corrected chi connectivity index (χ3v) is 5.12. The summed E-state index contributed by atoms with van der Waals surface area (Å²) in [6.45, 7) is 11.4. The average molecular weight is 335 g/mol. The van der Waals surface area contributed by atoms with Crippen molar-refractivity contribution in [2.24, 2.45) is 0 Å². The second-order valence-corrected chi connectivity index (χ2v) is 6.64. The fraction of sp³-hybridized carbons (Fsp3) is 0.722. The minimum atomic E-state index is 0.235. The van der Waals surface area contributed by atoms with Crippen LogP contribution < -0.4 is 0 Å². The van der Waals surface area contributed by atoms with Crippen molar-refractivity contribution in [3.8, 4) is 0 Å². The molecule has 2 fully saturated rings. The van der Waals surface area contributed by atoms with Crippen LogP contribution in [0.3, 0.4) is 0 Å². The summed E-state index contributed by atoms with van der Waals surface area (Å²) >= 11 is 0. The Balaban J connectivity index is 1.45. The van der Waals surface area contributed by atoms with Gasteiger partial charge in [-0.2, -0.15) is 0 Å². The van der Waals surface area contributed by atoms with E-state index in [4.69, 9.17) is 9.15 Å². The van der Waals surface area contributed by atoms with Gasteiger partial charge in [0.15, 0.2) is 0 Å². The number of piperazine rings is 1. The Bertz CT molecular complexity index is 531. The zero-order valence-electron chi connectivity index (χ0n) is 14.9. The molecule has 24 heavy (non-hydrogen) atoms. The van der Waals surface area contributed by atoms with Crippen molar-refractivity contribution in [2.75, 3.05) is 59.0 Å². The van der Waals surface area contributed by atoms with Crippen molar-refractivity contribution < 1.29 is 13.9 Å². The van der Waals surface area contributed by atoms with E-state index in [0.717, 1.165) is 57.2 Å². The van der Waals surface area contributed by atoms with Crippen LogP contribution in [0.2, 0.25) is 0 Å². The van der Waals surface area contributed by atoms with Gasteiger partial charge in [-0.05, 0) is 19.1 Å². The molecule has 2 aliphatic heterocycles. The van der Waals surface area contributed by atoms with Gasteiger partial charge in [0, 0.05) is 45.7 Å². The molecular formula is C18H29N3O3. The number of hydrogen-bond acceptors (Lipinski definition) is 5. The Morgan fingerprint density at radius 2 is 1.83 bits per heavy atom. The van der Waals surface area contributed by atoms with Gasteiger partial charge in [0.25, 0.3) is 0 Å². The van der Waals surface area contributed by atoms with Gasteiger partial charge in [0.1, 0.15) is 11.5 Å². The molecule has 1 aromatic rings. The minimum absolute atomic E-state index is 0.235. The zero-order chi connectivity index (χ0) is 16.9. The highest BCUT2D eigenvalue weighted by atomic mass is 16.5. The Morgan fingerprint density at radius 3 is 2.46 bits per heavy atom. The van der Waals surface area contributed by atoms with Crippen molar-refractivity contribution in [3.05, 3.63) is 23.7 Å². The van der Waals surface area contributed by atoms with Crippen LogP contribution in [-0.4, -0.2) is 79.6 Å². The number of hydrogen-bond donors (Lipinski definition) is 0. The van der Waals surface area contributed by atoms with Crippen LogP contribution in [-0.2, 0) is 16.0 Å². The second-order valence-electron chi connectivity index (χ2n) is 6.64. The molecule has 3 rings (SSSR count). The molecule has 1 aromatic heterocycles. The molecule has 0 saturated carbocycles. The number of nitrogens with zero attached hydrogens (tertiary/aromatic N) is 3. The standard InChI is InChI=1S/C18H29N3O3/c1-3-16-4-5-17(24-16)15(2)20-8-6-19(7-9-20)14-18(22)21-10-12-23-13-11-21/h4-5,15H,3,6-14H2,1-2H3/t15-/m0/s1. The molecule has 0 spiro atoms. The van der Waals surface area contributed by atoms with Crippen LogP contribution in [0.5, 0.6) is 0 Å². The monoisotopic (exact) mass is 335 g/mol. The molecule has 1 amide bonds. The summed E-state index contributed by atoms with van der Waals surface area (Å²) in [5.74, 6) is 2.33. The van der Waals surface area contributed by atoms with E-state index >= 15 is 0 Å². The summed E-state index contributed by atoms with van der Waals surface area (Å²) in [6.07, 6.45) is 0.935. The van der Waals surface area contributed by atoms with Crippen molar-refractivity contribution in [3.63, 3.8) is 0 Å². The molecule has 2 saturated heterocycles. The summed E-state index contributed by atoms with van der Waals surface area (Å²) < 4.78 is 11.2. The van der Waals surface area contributed by atoms with Crippen LogP contribution >= 0.6 is 0 Å². The molecule has 2 aliphatic rings. The average Bonchev–Trinajstić information content (AvgIpc) is 3.11. The summed E-state index contributed by atoms with van der Waals surface area (Å²) in [4.78, 5) is 19.0. The molecule has 0 bridgehead atoms. The number of ether oxygens (including phenoxy) is 1. The first-order valence-corrected chi connectivity index (χ1v) is 9.08. The molecule has 0 N–H and O–H groups in total. The van der Waals surface area contributed by atoms with E-state index in [1.54, 1.807) is 0 Å². The lowest BCUT2D eigenvalue weighted by atomic mass is 10.2. The predicted octanol–water partition coefficient (Wildman–Crippen LogP) is 1.38. The van der Waals surface area contributed by atoms with Crippen molar-refractivity contribution in [1.82, 2.24) is 14.7 Å². The van der Waals surface area contributed by atoms with E-state index in [2.05, 4.69) is 35.8 Å². The van der Waals surface area contributed by atoms with E-state index in [0.29, 0.717) is 25.8 Å². The predicted molar refractivity (Wildman–Crippen MR) is 91.9 cm³/mol. The van der Waals surface area contributed by atoms with Gasteiger partial charge in [0.05, 0.1) is 25.8 Å². The molecule has 0 aliphatic carbocycles. The lowest BCUT2D eigenvalue weighted by Crippen LogP contribution is -2.51. The quantitative estimate of drug-likeness (QED) is 0.814. The molecule has 3 heterocycles. The molecule has 134 valence electrons. The third kappa shape index (κ3) is 4.18. The zero-order valence-corrected chi connectivity index (χ0v) is 14.9. The van der Waals surface area contributed by atoms with Crippen molar-refractivity contribution >= 4 is 5.91 Å². The highest BCUT2D eigenvalue weighted by Crippen LogP contribution is 2.23. The van der Waals surface area contributed by atoms with E-state index in [9.17, 15) is 4.79 Å². The third-order valence-electron chi connectivity index (χ3n) is 5.12. The topological polar surface area (TPSA) is 49.2 Å². The maximum Gasteiger partial charge on any atom is 0.236 e. The van der Waals surface area contributed by atoms with Crippen LogP contribution in [0.25, 0.3) is 0 Å². The number of furan rings is 1. The van der Waals surface area contributed by atoms with Gasteiger partial charge in [0.2, 0.25) is 5.91 Å². The van der Waals surface area contributed by atoms with Crippen LogP contribution in [0.4, 0.5) is 0 Å². The second kappa shape index (κ2) is 8.14. The van der Waals surface area contributed by atoms with Crippen LogP contribution in [0.15, 0.2) is 16.5 Å². The Hall–Kier alpha value is -1.37. The van der Waals surface area contributed by atoms with Gasteiger partial charge in [-0.3, -0.25) is 14.6 Å². The summed E-state index contributed by atoms with van der Waals surface area (Å²) in [5.41, 5.74) is 0. The Labute approximate surface area is 144 Å². The number of aryl methyl sites for hydroxylation is 1. The molecule has 0 aromatic carbocycles. The van der Waals surface area contributed by atoms with Crippen LogP contribution in [0.1, 0.15) is 31.4 Å². The number of carbonyl (C=O) groups is 1. The number of amides is 1. The normalized spacial score (nSPS) is 21.8. The van der Waals surface area contributed by atoms with Crippen molar-refractivity contribution in [2.45, 2.75) is 26.3 Å². The Kier molecular flexibility index (Phi) is 5.92. The largest absolute Gasteiger partial charge is 0.464 e. The first kappa shape index (κ1) is 17.5. The van der Waals surface area contributed by atoms with Gasteiger partial charge < -0.3 is 14.1 Å². The Morgan fingerprint density at radius 1 is 1.12 bits per heavy atom. The smallest absolute Gasteiger partial charge is 0.236 e. The molecular weight excluding hydrogens is 306 g/mol. The SMILES string of the molecule is CCc1ccc([C@H](C)N2CCN(CC(=O)N3CCOCC3)CC2)o1. The van der Waals surface area contributed by atoms with Gasteiger partial charge in [-0.25, -0.2) is 0 Å². The fourth-order valence-corrected chi connectivity index (χ4v) is 3.40. The maximum absolute atomic E-state index is 12.3. The molecule has 0 unspecified atom stereocenters. The van der Waals surface area contributed by atoms with E-state index < -0.39 is 0 Å². The highest BCUT2D eigenvalue weighted by Gasteiger charge is 2.26. The number of morpholine rings is 1. The molecule has 1 atom stereocenters. The summed E-state index contributed by atoms with van der Waals surface area (Å²) in [5, 5.41) is 0. The van der Waals surface area contributed by atoms with Gasteiger partial charge in [-0.15, -0.1) is 0 Å². The van der Waals surface area contributed by atoms with Crippen LogP contribution in [0, 0.1) is 0 Å². The van der Waals surface area contributed by atoms with Gasteiger partial charge >= 0.3 is 0 Å². The maximum atomic E-state index is 12.3. The molecule has 6 heteroatoms. The lowest BCUT2D eigenvalue weighted by Gasteiger charge is -2.38. The van der Waals surface area contributed by atoms with Crippen molar-refractivity contribution in [1.29, 1.82) is 0 Å².